The fourth-order valence-electron chi connectivity index (χ4n) is 2.72. The largest absolute Gasteiger partial charge is 0.388 e. The van der Waals surface area contributed by atoms with Crippen molar-refractivity contribution < 1.29 is 5.11 Å². The van der Waals surface area contributed by atoms with Crippen LogP contribution in [0.2, 0.25) is 0 Å². The fourth-order valence-corrected chi connectivity index (χ4v) is 2.98. The number of rotatable bonds is 3. The molecule has 3 atom stereocenters. The van der Waals surface area contributed by atoms with Crippen molar-refractivity contribution in [3.05, 3.63) is 34.3 Å². The summed E-state index contributed by atoms with van der Waals surface area (Å²) in [6, 6.07) is 8.41. The molecule has 1 fully saturated rings. The Bertz CT molecular complexity index is 388. The standard InChI is InChI=1S/C15H22BrNO/c1-11-7-8-17-14(9-11)15(2,18)10-12-3-5-13(16)6-4-12/h3-6,11,14,17-18H,7-10H2,1-2H3. The van der Waals surface area contributed by atoms with Gasteiger partial charge in [-0.25, -0.2) is 0 Å². The molecule has 2 rings (SSSR count). The molecule has 1 aromatic rings. The third-order valence-corrected chi connectivity index (χ3v) is 4.42. The highest BCUT2D eigenvalue weighted by Crippen LogP contribution is 2.26. The van der Waals surface area contributed by atoms with Crippen LogP contribution in [0.4, 0.5) is 0 Å². The summed E-state index contributed by atoms with van der Waals surface area (Å²) in [7, 11) is 0. The molecule has 0 amide bonds. The summed E-state index contributed by atoms with van der Waals surface area (Å²) in [5.41, 5.74) is 0.505. The Morgan fingerprint density at radius 2 is 2.06 bits per heavy atom. The highest BCUT2D eigenvalue weighted by Gasteiger charge is 2.34. The van der Waals surface area contributed by atoms with Crippen molar-refractivity contribution in [3.8, 4) is 0 Å². The SMILES string of the molecule is CC1CCNC(C(C)(O)Cc2ccc(Br)cc2)C1. The van der Waals surface area contributed by atoms with Gasteiger partial charge in [0.15, 0.2) is 0 Å². The van der Waals surface area contributed by atoms with Crippen molar-refractivity contribution in [1.82, 2.24) is 5.32 Å². The van der Waals surface area contributed by atoms with E-state index in [1.165, 1.54) is 12.0 Å². The molecule has 0 aliphatic carbocycles. The van der Waals surface area contributed by atoms with Crippen LogP contribution in [0.25, 0.3) is 0 Å². The highest BCUT2D eigenvalue weighted by atomic mass is 79.9. The van der Waals surface area contributed by atoms with Gasteiger partial charge in [-0.2, -0.15) is 0 Å². The molecular weight excluding hydrogens is 290 g/mol. The van der Waals surface area contributed by atoms with E-state index in [0.29, 0.717) is 12.3 Å². The van der Waals surface area contributed by atoms with Crippen LogP contribution in [-0.2, 0) is 6.42 Å². The van der Waals surface area contributed by atoms with Gasteiger partial charge >= 0.3 is 0 Å². The first-order chi connectivity index (χ1) is 8.47. The Kier molecular flexibility index (Phi) is 4.46. The van der Waals surface area contributed by atoms with E-state index in [4.69, 9.17) is 0 Å². The molecule has 2 nitrogen and oxygen atoms in total. The Morgan fingerprint density at radius 3 is 2.67 bits per heavy atom. The Morgan fingerprint density at radius 1 is 1.39 bits per heavy atom. The quantitative estimate of drug-likeness (QED) is 0.899. The Labute approximate surface area is 118 Å². The second-order valence-electron chi connectivity index (χ2n) is 5.80. The zero-order valence-electron chi connectivity index (χ0n) is 11.1. The second-order valence-corrected chi connectivity index (χ2v) is 6.71. The minimum atomic E-state index is -0.678. The summed E-state index contributed by atoms with van der Waals surface area (Å²) in [5.74, 6) is 0.702. The number of benzene rings is 1. The predicted molar refractivity (Wildman–Crippen MR) is 78.7 cm³/mol. The first-order valence-electron chi connectivity index (χ1n) is 6.67. The molecule has 2 N–H and O–H groups in total. The van der Waals surface area contributed by atoms with Crippen LogP contribution >= 0.6 is 15.9 Å². The topological polar surface area (TPSA) is 32.3 Å². The lowest BCUT2D eigenvalue weighted by Crippen LogP contribution is -2.53. The number of hydrogen-bond acceptors (Lipinski definition) is 2. The first kappa shape index (κ1) is 14.0. The van der Waals surface area contributed by atoms with Crippen LogP contribution in [0.3, 0.4) is 0 Å². The van der Waals surface area contributed by atoms with Crippen molar-refractivity contribution in [1.29, 1.82) is 0 Å². The third-order valence-electron chi connectivity index (χ3n) is 3.89. The van der Waals surface area contributed by atoms with Gasteiger partial charge < -0.3 is 10.4 Å². The summed E-state index contributed by atoms with van der Waals surface area (Å²) in [5, 5.41) is 14.2. The van der Waals surface area contributed by atoms with Crippen molar-refractivity contribution in [2.75, 3.05) is 6.54 Å². The predicted octanol–water partition coefficient (Wildman–Crippen LogP) is 3.13. The van der Waals surface area contributed by atoms with E-state index in [1.807, 2.05) is 19.1 Å². The number of piperidine rings is 1. The van der Waals surface area contributed by atoms with Crippen LogP contribution in [0.15, 0.2) is 28.7 Å². The van der Waals surface area contributed by atoms with E-state index in [2.05, 4.69) is 40.3 Å². The van der Waals surface area contributed by atoms with Gasteiger partial charge in [0.1, 0.15) is 0 Å². The van der Waals surface area contributed by atoms with Crippen LogP contribution in [0, 0.1) is 5.92 Å². The van der Waals surface area contributed by atoms with Crippen molar-refractivity contribution in [2.24, 2.45) is 5.92 Å². The summed E-state index contributed by atoms with van der Waals surface area (Å²) < 4.78 is 1.08. The molecule has 3 heteroatoms. The highest BCUT2D eigenvalue weighted by molar-refractivity contribution is 9.10. The zero-order chi connectivity index (χ0) is 13.2. The second kappa shape index (κ2) is 5.72. The average Bonchev–Trinajstić information content (AvgIpc) is 2.32. The van der Waals surface area contributed by atoms with Gasteiger partial charge in [-0.1, -0.05) is 35.0 Å². The molecule has 1 saturated heterocycles. The maximum absolute atomic E-state index is 10.7. The summed E-state index contributed by atoms with van der Waals surface area (Å²) in [4.78, 5) is 0. The van der Waals surface area contributed by atoms with Gasteiger partial charge in [0.2, 0.25) is 0 Å². The van der Waals surface area contributed by atoms with Crippen LogP contribution in [0.1, 0.15) is 32.3 Å². The lowest BCUT2D eigenvalue weighted by molar-refractivity contribution is 0.00337. The molecule has 1 aliphatic rings. The maximum atomic E-state index is 10.7. The average molecular weight is 312 g/mol. The molecule has 18 heavy (non-hydrogen) atoms. The maximum Gasteiger partial charge on any atom is 0.0812 e. The van der Waals surface area contributed by atoms with Gasteiger partial charge in [-0.05, 0) is 49.9 Å². The molecule has 1 aliphatic heterocycles. The van der Waals surface area contributed by atoms with Gasteiger partial charge in [-0.3, -0.25) is 0 Å². The van der Waals surface area contributed by atoms with Crippen LogP contribution < -0.4 is 5.32 Å². The van der Waals surface area contributed by atoms with E-state index in [0.717, 1.165) is 17.4 Å². The van der Waals surface area contributed by atoms with Crippen LogP contribution in [-0.4, -0.2) is 23.3 Å². The summed E-state index contributed by atoms with van der Waals surface area (Å²) >= 11 is 3.43. The number of nitrogens with one attached hydrogen (secondary N) is 1. The van der Waals surface area contributed by atoms with Crippen molar-refractivity contribution in [3.63, 3.8) is 0 Å². The minimum absolute atomic E-state index is 0.199. The molecule has 0 bridgehead atoms. The Balaban J connectivity index is 2.03. The van der Waals surface area contributed by atoms with E-state index in [9.17, 15) is 5.11 Å². The Hall–Kier alpha value is -0.380. The molecule has 3 unspecified atom stereocenters. The van der Waals surface area contributed by atoms with Crippen LogP contribution in [0.5, 0.6) is 0 Å². The summed E-state index contributed by atoms with van der Waals surface area (Å²) in [6.07, 6.45) is 2.97. The number of halogens is 1. The molecule has 1 heterocycles. The lowest BCUT2D eigenvalue weighted by Gasteiger charge is -2.38. The van der Waals surface area contributed by atoms with E-state index in [1.54, 1.807) is 0 Å². The monoisotopic (exact) mass is 311 g/mol. The minimum Gasteiger partial charge on any atom is -0.388 e. The molecule has 0 saturated carbocycles. The molecule has 0 spiro atoms. The fraction of sp³-hybridized carbons (Fsp3) is 0.600. The lowest BCUT2D eigenvalue weighted by atomic mass is 9.81. The van der Waals surface area contributed by atoms with Crippen molar-refractivity contribution in [2.45, 2.75) is 44.8 Å². The van der Waals surface area contributed by atoms with Gasteiger partial charge in [0, 0.05) is 16.9 Å². The van der Waals surface area contributed by atoms with E-state index in [-0.39, 0.29) is 6.04 Å². The molecule has 0 radical (unpaired) electrons. The van der Waals surface area contributed by atoms with Gasteiger partial charge in [0.05, 0.1) is 5.60 Å². The molecule has 1 aromatic carbocycles. The molecular formula is C15H22BrNO. The van der Waals surface area contributed by atoms with Crippen molar-refractivity contribution >= 4 is 15.9 Å². The van der Waals surface area contributed by atoms with Gasteiger partial charge in [-0.15, -0.1) is 0 Å². The summed E-state index contributed by atoms with van der Waals surface area (Å²) in [6.45, 7) is 5.23. The van der Waals surface area contributed by atoms with E-state index < -0.39 is 5.60 Å². The molecule has 100 valence electrons. The molecule has 0 aromatic heterocycles. The zero-order valence-corrected chi connectivity index (χ0v) is 12.7. The van der Waals surface area contributed by atoms with E-state index >= 15 is 0 Å². The smallest absolute Gasteiger partial charge is 0.0812 e. The van der Waals surface area contributed by atoms with Gasteiger partial charge in [0.25, 0.3) is 0 Å². The first-order valence-corrected chi connectivity index (χ1v) is 7.47. The normalized spacial score (nSPS) is 27.8. The third kappa shape index (κ3) is 3.56. The number of aliphatic hydroxyl groups is 1. The number of hydrogen-bond donors (Lipinski definition) is 2.